The summed E-state index contributed by atoms with van der Waals surface area (Å²) < 4.78 is 1.35. The van der Waals surface area contributed by atoms with Gasteiger partial charge < -0.3 is 10.4 Å². The van der Waals surface area contributed by atoms with Crippen molar-refractivity contribution >= 4 is 17.4 Å². The second-order valence-electron chi connectivity index (χ2n) is 5.73. The van der Waals surface area contributed by atoms with Crippen molar-refractivity contribution in [3.8, 4) is 0 Å². The van der Waals surface area contributed by atoms with Crippen LogP contribution in [0.2, 0.25) is 0 Å². The highest BCUT2D eigenvalue weighted by atomic mass is 16.4. The second kappa shape index (κ2) is 5.63. The molecule has 1 aliphatic carbocycles. The van der Waals surface area contributed by atoms with Gasteiger partial charge in [-0.1, -0.05) is 19.3 Å². The van der Waals surface area contributed by atoms with E-state index in [2.05, 4.69) is 25.9 Å². The molecule has 0 atom stereocenters. The first kappa shape index (κ1) is 13.7. The van der Waals surface area contributed by atoms with Gasteiger partial charge in [0.05, 0.1) is 6.42 Å². The molecule has 8 heteroatoms. The van der Waals surface area contributed by atoms with Crippen LogP contribution in [-0.2, 0) is 4.79 Å². The zero-order valence-electron chi connectivity index (χ0n) is 11.7. The number of aromatic nitrogens is 5. The van der Waals surface area contributed by atoms with E-state index in [0.29, 0.717) is 18.0 Å². The van der Waals surface area contributed by atoms with Crippen molar-refractivity contribution in [3.05, 3.63) is 12.1 Å². The first-order valence-corrected chi connectivity index (χ1v) is 7.18. The van der Waals surface area contributed by atoms with Gasteiger partial charge in [-0.2, -0.15) is 0 Å². The lowest BCUT2D eigenvalue weighted by Gasteiger charge is -2.36. The molecule has 0 spiro atoms. The molecule has 2 heterocycles. The van der Waals surface area contributed by atoms with Gasteiger partial charge >= 0.3 is 5.97 Å². The molecule has 1 saturated carbocycles. The fourth-order valence-corrected chi connectivity index (χ4v) is 3.06. The number of carboxylic acid groups (broad SMARTS) is 1. The molecule has 2 N–H and O–H groups in total. The summed E-state index contributed by atoms with van der Waals surface area (Å²) in [4.78, 5) is 11.2. The summed E-state index contributed by atoms with van der Waals surface area (Å²) in [5.74, 6) is -0.0762. The third kappa shape index (κ3) is 3.09. The van der Waals surface area contributed by atoms with Crippen molar-refractivity contribution in [1.82, 2.24) is 25.3 Å². The van der Waals surface area contributed by atoms with Crippen LogP contribution in [0.15, 0.2) is 12.1 Å². The molecule has 0 unspecified atom stereocenters. The lowest BCUT2D eigenvalue weighted by atomic mass is 9.72. The first-order valence-electron chi connectivity index (χ1n) is 7.18. The highest BCUT2D eigenvalue weighted by Crippen LogP contribution is 2.39. The molecule has 0 saturated heterocycles. The largest absolute Gasteiger partial charge is 0.481 e. The summed E-state index contributed by atoms with van der Waals surface area (Å²) in [5.41, 5.74) is 0.403. The molecular formula is C13H18N6O2. The number of fused-ring (bicyclic) bond motifs is 1. The number of hydrogen-bond acceptors (Lipinski definition) is 6. The van der Waals surface area contributed by atoms with Crippen molar-refractivity contribution in [2.75, 3.05) is 11.9 Å². The molecule has 2 aromatic heterocycles. The fraction of sp³-hybridized carbons (Fsp3) is 0.615. The molecule has 0 radical (unpaired) electrons. The summed E-state index contributed by atoms with van der Waals surface area (Å²) in [7, 11) is 0. The number of rotatable bonds is 5. The Labute approximate surface area is 121 Å². The Morgan fingerprint density at radius 2 is 2.14 bits per heavy atom. The van der Waals surface area contributed by atoms with Crippen LogP contribution in [0, 0.1) is 5.41 Å². The molecule has 1 fully saturated rings. The molecule has 112 valence electrons. The highest BCUT2D eigenvalue weighted by Gasteiger charge is 2.34. The summed E-state index contributed by atoms with van der Waals surface area (Å²) in [5, 5.41) is 27.8. The number of anilines is 1. The Balaban J connectivity index is 1.71. The van der Waals surface area contributed by atoms with Crippen molar-refractivity contribution in [3.63, 3.8) is 0 Å². The summed E-state index contributed by atoms with van der Waals surface area (Å²) >= 11 is 0. The average Bonchev–Trinajstić information content (AvgIpc) is 2.93. The maximum atomic E-state index is 11.2. The van der Waals surface area contributed by atoms with E-state index < -0.39 is 5.97 Å². The van der Waals surface area contributed by atoms with E-state index in [1.807, 2.05) is 6.07 Å². The van der Waals surface area contributed by atoms with Crippen LogP contribution in [0.1, 0.15) is 38.5 Å². The second-order valence-corrected chi connectivity index (χ2v) is 5.73. The van der Waals surface area contributed by atoms with E-state index >= 15 is 0 Å². The Bertz CT molecular complexity index is 634. The smallest absolute Gasteiger partial charge is 0.303 e. The van der Waals surface area contributed by atoms with Gasteiger partial charge in [0, 0.05) is 6.54 Å². The Morgan fingerprint density at radius 3 is 2.90 bits per heavy atom. The number of carbonyl (C=O) groups is 1. The number of nitrogens with one attached hydrogen (secondary N) is 1. The molecule has 0 amide bonds. The van der Waals surface area contributed by atoms with Crippen LogP contribution in [-0.4, -0.2) is 42.9 Å². The van der Waals surface area contributed by atoms with Gasteiger partial charge in [0.25, 0.3) is 0 Å². The van der Waals surface area contributed by atoms with Crippen LogP contribution >= 0.6 is 0 Å². The zero-order valence-corrected chi connectivity index (χ0v) is 11.7. The predicted octanol–water partition coefficient (Wildman–Crippen LogP) is 1.36. The van der Waals surface area contributed by atoms with Crippen LogP contribution in [0.4, 0.5) is 5.82 Å². The maximum Gasteiger partial charge on any atom is 0.303 e. The number of carboxylic acids is 1. The topological polar surface area (TPSA) is 105 Å². The molecule has 1 aliphatic rings. The molecule has 8 nitrogen and oxygen atoms in total. The van der Waals surface area contributed by atoms with Crippen LogP contribution < -0.4 is 5.32 Å². The summed E-state index contributed by atoms with van der Waals surface area (Å²) in [6.45, 7) is 0.611. The Hall–Kier alpha value is -2.25. The van der Waals surface area contributed by atoms with Gasteiger partial charge in [-0.3, -0.25) is 4.79 Å². The van der Waals surface area contributed by atoms with E-state index in [4.69, 9.17) is 5.11 Å². The van der Waals surface area contributed by atoms with Gasteiger partial charge in [0.15, 0.2) is 5.65 Å². The van der Waals surface area contributed by atoms with Crippen molar-refractivity contribution in [1.29, 1.82) is 0 Å². The van der Waals surface area contributed by atoms with Crippen LogP contribution in [0.5, 0.6) is 0 Å². The van der Waals surface area contributed by atoms with E-state index in [0.717, 1.165) is 25.7 Å². The number of nitrogens with zero attached hydrogens (tertiary/aromatic N) is 5. The summed E-state index contributed by atoms with van der Waals surface area (Å²) in [6.07, 6.45) is 5.46. The van der Waals surface area contributed by atoms with Crippen LogP contribution in [0.3, 0.4) is 0 Å². The minimum Gasteiger partial charge on any atom is -0.481 e. The minimum atomic E-state index is -0.734. The quantitative estimate of drug-likeness (QED) is 0.856. The van der Waals surface area contributed by atoms with Gasteiger partial charge in [-0.15, -0.1) is 14.8 Å². The van der Waals surface area contributed by atoms with E-state index in [9.17, 15) is 4.79 Å². The van der Waals surface area contributed by atoms with Gasteiger partial charge in [0.2, 0.25) is 0 Å². The Morgan fingerprint density at radius 1 is 1.33 bits per heavy atom. The number of tetrazole rings is 1. The average molecular weight is 290 g/mol. The Kier molecular flexibility index (Phi) is 3.68. The van der Waals surface area contributed by atoms with Gasteiger partial charge in [-0.05, 0) is 40.8 Å². The number of hydrogen-bond donors (Lipinski definition) is 2. The molecule has 0 bridgehead atoms. The lowest BCUT2D eigenvalue weighted by molar-refractivity contribution is -0.140. The van der Waals surface area contributed by atoms with E-state index in [1.54, 1.807) is 6.07 Å². The van der Waals surface area contributed by atoms with E-state index in [1.165, 1.54) is 11.1 Å². The standard InChI is InChI=1S/C13H18N6O2/c20-12(21)8-13(6-2-1-3-7-13)9-14-10-4-5-11-15-17-18-19(11)16-10/h4-5H,1-3,6-9H2,(H,14,16)(H,20,21). The number of aliphatic carboxylic acids is 1. The molecular weight excluding hydrogens is 272 g/mol. The lowest BCUT2D eigenvalue weighted by Crippen LogP contribution is -2.34. The van der Waals surface area contributed by atoms with Gasteiger partial charge in [-0.25, -0.2) is 0 Å². The minimum absolute atomic E-state index is 0.179. The van der Waals surface area contributed by atoms with Crippen LogP contribution in [0.25, 0.3) is 5.65 Å². The van der Waals surface area contributed by atoms with Crippen molar-refractivity contribution < 1.29 is 9.90 Å². The van der Waals surface area contributed by atoms with Crippen molar-refractivity contribution in [2.24, 2.45) is 5.41 Å². The fourth-order valence-electron chi connectivity index (χ4n) is 3.06. The molecule has 0 aliphatic heterocycles. The first-order chi connectivity index (χ1) is 10.2. The molecule has 3 rings (SSSR count). The molecule has 2 aromatic rings. The van der Waals surface area contributed by atoms with E-state index in [-0.39, 0.29) is 11.8 Å². The SMILES string of the molecule is O=C(O)CC1(CNc2ccc3nnnn3n2)CCCCC1. The summed E-state index contributed by atoms with van der Waals surface area (Å²) in [6, 6.07) is 3.59. The predicted molar refractivity (Wildman–Crippen MR) is 74.8 cm³/mol. The third-order valence-electron chi connectivity index (χ3n) is 4.15. The zero-order chi connectivity index (χ0) is 14.7. The normalized spacial score (nSPS) is 17.7. The van der Waals surface area contributed by atoms with Gasteiger partial charge in [0.1, 0.15) is 5.82 Å². The maximum absolute atomic E-state index is 11.2. The third-order valence-corrected chi connectivity index (χ3v) is 4.15. The molecule has 0 aromatic carbocycles. The molecule has 21 heavy (non-hydrogen) atoms. The highest BCUT2D eigenvalue weighted by molar-refractivity contribution is 5.68. The monoisotopic (exact) mass is 290 g/mol. The van der Waals surface area contributed by atoms with Crippen molar-refractivity contribution in [2.45, 2.75) is 38.5 Å².